The third-order valence-electron chi connectivity index (χ3n) is 3.95. The van der Waals surface area contributed by atoms with Gasteiger partial charge in [-0.1, -0.05) is 12.1 Å². The summed E-state index contributed by atoms with van der Waals surface area (Å²) in [5.74, 6) is 1.16. The molecule has 6 heteroatoms. The van der Waals surface area contributed by atoms with Gasteiger partial charge in [0.15, 0.2) is 0 Å². The van der Waals surface area contributed by atoms with Crippen LogP contribution >= 0.6 is 22.7 Å². The second kappa shape index (κ2) is 8.21. The van der Waals surface area contributed by atoms with Crippen molar-refractivity contribution in [1.29, 1.82) is 0 Å². The normalized spacial score (nSPS) is 10.4. The number of nitrogens with one attached hydrogen (secondary N) is 1. The van der Waals surface area contributed by atoms with E-state index in [1.54, 1.807) is 54.6 Å². The molecular formula is C22H15NO3S2. The number of hydrogen-bond acceptors (Lipinski definition) is 5. The fourth-order valence-corrected chi connectivity index (χ4v) is 3.87. The Hall–Kier alpha value is -3.22. The molecule has 1 N–H and O–H groups in total. The van der Waals surface area contributed by atoms with Gasteiger partial charge in [0, 0.05) is 11.3 Å². The van der Waals surface area contributed by atoms with E-state index in [1.165, 1.54) is 22.7 Å². The number of ketones is 1. The molecule has 0 aliphatic rings. The van der Waals surface area contributed by atoms with Crippen LogP contribution in [0.3, 0.4) is 0 Å². The number of hydrogen-bond donors (Lipinski definition) is 1. The summed E-state index contributed by atoms with van der Waals surface area (Å²) >= 11 is 2.82. The topological polar surface area (TPSA) is 55.4 Å². The van der Waals surface area contributed by atoms with Gasteiger partial charge in [-0.3, -0.25) is 9.59 Å². The average molecular weight is 406 g/mol. The zero-order chi connectivity index (χ0) is 19.3. The lowest BCUT2D eigenvalue weighted by atomic mass is 10.1. The van der Waals surface area contributed by atoms with Crippen molar-refractivity contribution in [3.8, 4) is 11.5 Å². The summed E-state index contributed by atoms with van der Waals surface area (Å²) in [7, 11) is 0. The van der Waals surface area contributed by atoms with Crippen molar-refractivity contribution in [3.05, 3.63) is 98.9 Å². The lowest BCUT2D eigenvalue weighted by Gasteiger charge is -2.08. The molecule has 1 amide bonds. The van der Waals surface area contributed by atoms with Crippen LogP contribution in [0.1, 0.15) is 24.9 Å². The first-order chi connectivity index (χ1) is 13.7. The van der Waals surface area contributed by atoms with Crippen molar-refractivity contribution in [2.75, 3.05) is 5.32 Å². The summed E-state index contributed by atoms with van der Waals surface area (Å²) in [5.41, 5.74) is 1.32. The number of carbonyl (C=O) groups excluding carboxylic acids is 2. The van der Waals surface area contributed by atoms with E-state index in [9.17, 15) is 9.59 Å². The molecule has 0 atom stereocenters. The minimum atomic E-state index is -0.130. The van der Waals surface area contributed by atoms with Crippen molar-refractivity contribution in [1.82, 2.24) is 0 Å². The van der Waals surface area contributed by atoms with Crippen LogP contribution in [-0.4, -0.2) is 11.7 Å². The van der Waals surface area contributed by atoms with Gasteiger partial charge in [0.25, 0.3) is 5.91 Å². The van der Waals surface area contributed by atoms with E-state index in [0.29, 0.717) is 32.5 Å². The van der Waals surface area contributed by atoms with Gasteiger partial charge in [0.1, 0.15) is 11.5 Å². The maximum Gasteiger partial charge on any atom is 0.265 e. The Bertz CT molecular complexity index is 1070. The van der Waals surface area contributed by atoms with E-state index >= 15 is 0 Å². The van der Waals surface area contributed by atoms with E-state index in [2.05, 4.69) is 5.32 Å². The highest BCUT2D eigenvalue weighted by molar-refractivity contribution is 7.12. The molecule has 0 unspecified atom stereocenters. The predicted molar refractivity (Wildman–Crippen MR) is 113 cm³/mol. The molecule has 0 radical (unpaired) electrons. The van der Waals surface area contributed by atoms with E-state index in [1.807, 2.05) is 29.0 Å². The van der Waals surface area contributed by atoms with Crippen molar-refractivity contribution in [2.24, 2.45) is 0 Å². The summed E-state index contributed by atoms with van der Waals surface area (Å²) in [6.45, 7) is 0. The maximum absolute atomic E-state index is 12.3. The van der Waals surface area contributed by atoms with Crippen LogP contribution in [0.5, 0.6) is 11.5 Å². The van der Waals surface area contributed by atoms with Gasteiger partial charge >= 0.3 is 0 Å². The van der Waals surface area contributed by atoms with Crippen LogP contribution in [0.2, 0.25) is 0 Å². The fraction of sp³-hybridized carbons (Fsp3) is 0. The summed E-state index contributed by atoms with van der Waals surface area (Å²) in [6.07, 6.45) is 0. The number of rotatable bonds is 6. The molecule has 0 bridgehead atoms. The molecule has 0 aliphatic heterocycles. The van der Waals surface area contributed by atoms with Crippen LogP contribution in [0.4, 0.5) is 5.69 Å². The minimum absolute atomic E-state index is 0.00684. The van der Waals surface area contributed by atoms with Gasteiger partial charge in [-0.15, -0.1) is 22.7 Å². The first-order valence-electron chi connectivity index (χ1n) is 8.50. The molecule has 0 saturated carbocycles. The molecule has 2 aromatic carbocycles. The Kier molecular flexibility index (Phi) is 5.32. The molecule has 2 heterocycles. The van der Waals surface area contributed by atoms with Gasteiger partial charge in [0.05, 0.1) is 9.75 Å². The van der Waals surface area contributed by atoms with Gasteiger partial charge in [-0.05, 0) is 71.4 Å². The van der Waals surface area contributed by atoms with E-state index in [-0.39, 0.29) is 11.7 Å². The molecular weight excluding hydrogens is 390 g/mol. The number of thiophene rings is 2. The van der Waals surface area contributed by atoms with Gasteiger partial charge < -0.3 is 10.1 Å². The van der Waals surface area contributed by atoms with Crippen LogP contribution in [0.15, 0.2) is 83.6 Å². The van der Waals surface area contributed by atoms with Crippen LogP contribution in [0, 0.1) is 0 Å². The Morgan fingerprint density at radius 1 is 0.714 bits per heavy atom. The number of amides is 1. The number of carbonyl (C=O) groups is 2. The zero-order valence-corrected chi connectivity index (χ0v) is 16.3. The highest BCUT2D eigenvalue weighted by atomic mass is 32.1. The van der Waals surface area contributed by atoms with Crippen molar-refractivity contribution >= 4 is 40.1 Å². The van der Waals surface area contributed by atoms with Gasteiger partial charge in [0.2, 0.25) is 5.78 Å². The lowest BCUT2D eigenvalue weighted by Crippen LogP contribution is -2.09. The third kappa shape index (κ3) is 4.19. The number of ether oxygens (including phenoxy) is 1. The fourth-order valence-electron chi connectivity index (χ4n) is 2.57. The largest absolute Gasteiger partial charge is 0.457 e. The van der Waals surface area contributed by atoms with Crippen LogP contribution in [0.25, 0.3) is 0 Å². The molecule has 28 heavy (non-hydrogen) atoms. The molecule has 0 aliphatic carbocycles. The van der Waals surface area contributed by atoms with E-state index in [0.717, 1.165) is 0 Å². The minimum Gasteiger partial charge on any atom is -0.457 e. The van der Waals surface area contributed by atoms with Gasteiger partial charge in [-0.2, -0.15) is 0 Å². The predicted octanol–water partition coefficient (Wildman–Crippen LogP) is 6.09. The van der Waals surface area contributed by atoms with E-state index in [4.69, 9.17) is 4.74 Å². The molecule has 138 valence electrons. The monoisotopic (exact) mass is 405 g/mol. The SMILES string of the molecule is O=C(Nc1ccc(Oc2ccc(C(=O)c3cccs3)cc2)cc1)c1cccs1. The second-order valence-corrected chi connectivity index (χ2v) is 7.78. The smallest absolute Gasteiger partial charge is 0.265 e. The zero-order valence-electron chi connectivity index (χ0n) is 14.6. The first kappa shape index (κ1) is 18.2. The number of benzene rings is 2. The second-order valence-electron chi connectivity index (χ2n) is 5.89. The van der Waals surface area contributed by atoms with E-state index < -0.39 is 0 Å². The summed E-state index contributed by atoms with van der Waals surface area (Å²) in [4.78, 5) is 25.8. The summed E-state index contributed by atoms with van der Waals surface area (Å²) in [6, 6.07) is 21.5. The molecule has 0 saturated heterocycles. The Morgan fingerprint density at radius 2 is 1.29 bits per heavy atom. The Labute approximate surface area is 170 Å². The van der Waals surface area contributed by atoms with Crippen molar-refractivity contribution < 1.29 is 14.3 Å². The molecule has 0 fully saturated rings. The Balaban J connectivity index is 1.39. The molecule has 2 aromatic heterocycles. The van der Waals surface area contributed by atoms with Crippen molar-refractivity contribution in [3.63, 3.8) is 0 Å². The van der Waals surface area contributed by atoms with Crippen molar-refractivity contribution in [2.45, 2.75) is 0 Å². The highest BCUT2D eigenvalue weighted by Crippen LogP contribution is 2.25. The van der Waals surface area contributed by atoms with Crippen LogP contribution in [-0.2, 0) is 0 Å². The van der Waals surface area contributed by atoms with Gasteiger partial charge in [-0.25, -0.2) is 0 Å². The third-order valence-corrected chi connectivity index (χ3v) is 5.69. The quantitative estimate of drug-likeness (QED) is 0.395. The molecule has 4 nitrogen and oxygen atoms in total. The molecule has 4 aromatic rings. The Morgan fingerprint density at radius 3 is 1.86 bits per heavy atom. The summed E-state index contributed by atoms with van der Waals surface area (Å²) < 4.78 is 5.82. The molecule has 4 rings (SSSR count). The first-order valence-corrected chi connectivity index (χ1v) is 10.3. The molecule has 0 spiro atoms. The standard InChI is InChI=1S/C22H15NO3S2/c24-21(19-3-1-13-27-19)15-5-9-17(10-6-15)26-18-11-7-16(8-12-18)23-22(25)20-4-2-14-28-20/h1-14H,(H,23,25). The average Bonchev–Trinajstić information content (AvgIpc) is 3.44. The van der Waals surface area contributed by atoms with Crippen LogP contribution < -0.4 is 10.1 Å². The lowest BCUT2D eigenvalue weighted by molar-refractivity contribution is 0.102. The summed E-state index contributed by atoms with van der Waals surface area (Å²) in [5, 5.41) is 6.60. The highest BCUT2D eigenvalue weighted by Gasteiger charge is 2.10. The maximum atomic E-state index is 12.3. The number of anilines is 1.